The number of non-ortho nitro benzene ring substituents is 1. The molecule has 0 saturated carbocycles. The highest BCUT2D eigenvalue weighted by Gasteiger charge is 2.20. The molecular formula is C13H18ClN3O3. The molecule has 0 bridgehead atoms. The van der Waals surface area contributed by atoms with Crippen molar-refractivity contribution in [3.05, 3.63) is 39.9 Å². The Balaban J connectivity index is 0.00000200. The lowest BCUT2D eigenvalue weighted by Crippen LogP contribution is -2.51. The van der Waals surface area contributed by atoms with Gasteiger partial charge in [-0.1, -0.05) is 12.1 Å². The number of halogens is 1. The predicted molar refractivity (Wildman–Crippen MR) is 78.1 cm³/mol. The number of carbonyl (C=O) groups is 1. The van der Waals surface area contributed by atoms with Crippen molar-refractivity contribution in [2.75, 3.05) is 19.6 Å². The minimum Gasteiger partial charge on any atom is -0.340 e. The molecule has 1 heterocycles. The van der Waals surface area contributed by atoms with E-state index in [1.54, 1.807) is 17.0 Å². The van der Waals surface area contributed by atoms with Gasteiger partial charge in [0.2, 0.25) is 5.91 Å². The van der Waals surface area contributed by atoms with E-state index in [0.29, 0.717) is 24.7 Å². The van der Waals surface area contributed by atoms with Gasteiger partial charge >= 0.3 is 0 Å². The van der Waals surface area contributed by atoms with Crippen LogP contribution in [0, 0.1) is 10.1 Å². The van der Waals surface area contributed by atoms with Crippen molar-refractivity contribution < 1.29 is 9.72 Å². The molecule has 0 unspecified atom stereocenters. The maximum Gasteiger partial charge on any atom is 0.269 e. The van der Waals surface area contributed by atoms with Gasteiger partial charge in [-0.05, 0) is 12.5 Å². The third-order valence-electron chi connectivity index (χ3n) is 3.20. The van der Waals surface area contributed by atoms with E-state index in [4.69, 9.17) is 0 Å². The second-order valence-electron chi connectivity index (χ2n) is 4.80. The Labute approximate surface area is 123 Å². The quantitative estimate of drug-likeness (QED) is 0.676. The Morgan fingerprint density at radius 2 is 2.30 bits per heavy atom. The summed E-state index contributed by atoms with van der Waals surface area (Å²) in [5.41, 5.74) is 0.712. The molecule has 1 saturated heterocycles. The van der Waals surface area contributed by atoms with Crippen molar-refractivity contribution in [3.63, 3.8) is 0 Å². The largest absolute Gasteiger partial charge is 0.340 e. The molecule has 0 radical (unpaired) electrons. The van der Waals surface area contributed by atoms with Gasteiger partial charge in [0.1, 0.15) is 0 Å². The van der Waals surface area contributed by atoms with Crippen LogP contribution < -0.4 is 5.32 Å². The van der Waals surface area contributed by atoms with E-state index in [1.807, 2.05) is 6.92 Å². The molecule has 6 nitrogen and oxygen atoms in total. The van der Waals surface area contributed by atoms with E-state index >= 15 is 0 Å². The number of hydrogen-bond donors (Lipinski definition) is 1. The van der Waals surface area contributed by atoms with Crippen molar-refractivity contribution in [2.45, 2.75) is 19.4 Å². The Bertz CT molecular complexity index is 496. The van der Waals surface area contributed by atoms with Gasteiger partial charge in [-0.15, -0.1) is 12.4 Å². The van der Waals surface area contributed by atoms with Gasteiger partial charge in [0.05, 0.1) is 11.3 Å². The van der Waals surface area contributed by atoms with Gasteiger partial charge in [0.15, 0.2) is 0 Å². The Morgan fingerprint density at radius 1 is 1.55 bits per heavy atom. The molecular weight excluding hydrogens is 282 g/mol. The van der Waals surface area contributed by atoms with Crippen LogP contribution in [0.1, 0.15) is 12.5 Å². The van der Waals surface area contributed by atoms with Crippen LogP contribution in [0.25, 0.3) is 0 Å². The van der Waals surface area contributed by atoms with Crippen molar-refractivity contribution in [3.8, 4) is 0 Å². The highest BCUT2D eigenvalue weighted by atomic mass is 35.5. The molecule has 1 fully saturated rings. The zero-order valence-electron chi connectivity index (χ0n) is 11.2. The average Bonchev–Trinajstić information content (AvgIpc) is 2.39. The zero-order valence-corrected chi connectivity index (χ0v) is 12.1. The summed E-state index contributed by atoms with van der Waals surface area (Å²) in [6.07, 6.45) is 0.217. The van der Waals surface area contributed by atoms with E-state index in [9.17, 15) is 14.9 Å². The lowest BCUT2D eigenvalue weighted by molar-refractivity contribution is -0.384. The van der Waals surface area contributed by atoms with E-state index in [1.165, 1.54) is 12.1 Å². The molecule has 1 N–H and O–H groups in total. The summed E-state index contributed by atoms with van der Waals surface area (Å²) in [6.45, 7) is 4.21. The third-order valence-corrected chi connectivity index (χ3v) is 3.20. The number of nitrogens with one attached hydrogen (secondary N) is 1. The first kappa shape index (κ1) is 16.4. The molecule has 1 aliphatic rings. The number of amides is 1. The number of piperazine rings is 1. The summed E-state index contributed by atoms with van der Waals surface area (Å²) >= 11 is 0. The van der Waals surface area contributed by atoms with Gasteiger partial charge in [0, 0.05) is 37.8 Å². The minimum absolute atomic E-state index is 0. The molecule has 0 aromatic heterocycles. The number of nitrogens with zero attached hydrogens (tertiary/aromatic N) is 2. The molecule has 2 rings (SSSR count). The monoisotopic (exact) mass is 299 g/mol. The fourth-order valence-electron chi connectivity index (χ4n) is 2.23. The first-order valence-corrected chi connectivity index (χ1v) is 6.31. The summed E-state index contributed by atoms with van der Waals surface area (Å²) in [5.74, 6) is 0.0221. The van der Waals surface area contributed by atoms with Crippen LogP contribution in [0.5, 0.6) is 0 Å². The molecule has 1 aromatic carbocycles. The summed E-state index contributed by atoms with van der Waals surface area (Å²) in [7, 11) is 0. The molecule has 1 amide bonds. The summed E-state index contributed by atoms with van der Waals surface area (Å²) in [6, 6.07) is 6.55. The molecule has 7 heteroatoms. The molecule has 1 aromatic rings. The number of rotatable bonds is 3. The van der Waals surface area contributed by atoms with Crippen LogP contribution in [-0.4, -0.2) is 41.4 Å². The van der Waals surface area contributed by atoms with Crippen molar-refractivity contribution in [2.24, 2.45) is 0 Å². The summed E-state index contributed by atoms with van der Waals surface area (Å²) in [5, 5.41) is 14.0. The second-order valence-corrected chi connectivity index (χ2v) is 4.80. The maximum atomic E-state index is 12.1. The van der Waals surface area contributed by atoms with E-state index in [0.717, 1.165) is 6.54 Å². The minimum atomic E-state index is -0.444. The molecule has 110 valence electrons. The van der Waals surface area contributed by atoms with Crippen LogP contribution >= 0.6 is 12.4 Å². The zero-order chi connectivity index (χ0) is 13.8. The first-order valence-electron chi connectivity index (χ1n) is 6.31. The highest BCUT2D eigenvalue weighted by molar-refractivity contribution is 5.85. The van der Waals surface area contributed by atoms with Gasteiger partial charge in [-0.3, -0.25) is 14.9 Å². The maximum absolute atomic E-state index is 12.1. The van der Waals surface area contributed by atoms with Gasteiger partial charge in [-0.2, -0.15) is 0 Å². The number of hydrogen-bond acceptors (Lipinski definition) is 4. The second kappa shape index (κ2) is 7.21. The van der Waals surface area contributed by atoms with Gasteiger partial charge in [-0.25, -0.2) is 0 Å². The molecule has 1 aliphatic heterocycles. The van der Waals surface area contributed by atoms with E-state index in [-0.39, 0.29) is 30.4 Å². The van der Waals surface area contributed by atoms with Crippen LogP contribution in [0.2, 0.25) is 0 Å². The van der Waals surface area contributed by atoms with Gasteiger partial charge in [0.25, 0.3) is 5.69 Å². The normalized spacial score (nSPS) is 18.2. The lowest BCUT2D eigenvalue weighted by Gasteiger charge is -2.32. The summed E-state index contributed by atoms with van der Waals surface area (Å²) in [4.78, 5) is 24.2. The third kappa shape index (κ3) is 4.18. The van der Waals surface area contributed by atoms with Crippen molar-refractivity contribution in [1.82, 2.24) is 10.2 Å². The Morgan fingerprint density at radius 3 is 2.95 bits per heavy atom. The summed E-state index contributed by atoms with van der Waals surface area (Å²) < 4.78 is 0. The number of carbonyl (C=O) groups excluding carboxylic acids is 1. The SMILES string of the molecule is C[C@H]1CN(C(=O)Cc2cccc([N+](=O)[O-])c2)CCN1.Cl. The van der Waals surface area contributed by atoms with Crippen LogP contribution in [0.15, 0.2) is 24.3 Å². The van der Waals surface area contributed by atoms with Crippen LogP contribution in [0.3, 0.4) is 0 Å². The van der Waals surface area contributed by atoms with Crippen LogP contribution in [-0.2, 0) is 11.2 Å². The average molecular weight is 300 g/mol. The Kier molecular flexibility index (Phi) is 5.91. The molecule has 20 heavy (non-hydrogen) atoms. The smallest absolute Gasteiger partial charge is 0.269 e. The van der Waals surface area contributed by atoms with Crippen LogP contribution in [0.4, 0.5) is 5.69 Å². The number of nitro groups is 1. The fourth-order valence-corrected chi connectivity index (χ4v) is 2.23. The standard InChI is InChI=1S/C13H17N3O3.ClH/c1-10-9-15(6-5-14-10)13(17)8-11-3-2-4-12(7-11)16(18)19;/h2-4,7,10,14H,5-6,8-9H2,1H3;1H/t10-;/m0./s1. The molecule has 0 spiro atoms. The van der Waals surface area contributed by atoms with E-state index in [2.05, 4.69) is 5.32 Å². The predicted octanol–water partition coefficient (Wildman–Crippen LogP) is 1.38. The van der Waals surface area contributed by atoms with Gasteiger partial charge < -0.3 is 10.2 Å². The molecule has 1 atom stereocenters. The van der Waals surface area contributed by atoms with E-state index < -0.39 is 4.92 Å². The Hall–Kier alpha value is -1.66. The fraction of sp³-hybridized carbons (Fsp3) is 0.462. The lowest BCUT2D eigenvalue weighted by atomic mass is 10.1. The van der Waals surface area contributed by atoms with Crippen molar-refractivity contribution in [1.29, 1.82) is 0 Å². The number of benzene rings is 1. The first-order chi connectivity index (χ1) is 9.06. The van der Waals surface area contributed by atoms with Crippen molar-refractivity contribution >= 4 is 24.0 Å². The number of nitro benzene ring substituents is 1. The topological polar surface area (TPSA) is 75.5 Å². The molecule has 0 aliphatic carbocycles. The highest BCUT2D eigenvalue weighted by Crippen LogP contribution is 2.14.